The van der Waals surface area contributed by atoms with Crippen molar-refractivity contribution in [3.05, 3.63) is 28.7 Å². The minimum absolute atomic E-state index is 0.202. The third-order valence-electron chi connectivity index (χ3n) is 2.88. The van der Waals surface area contributed by atoms with Crippen molar-refractivity contribution in [2.24, 2.45) is 0 Å². The van der Waals surface area contributed by atoms with Crippen LogP contribution in [0.2, 0.25) is 0 Å². The molecule has 1 aliphatic heterocycles. The van der Waals surface area contributed by atoms with Crippen molar-refractivity contribution >= 4 is 27.7 Å². The van der Waals surface area contributed by atoms with E-state index >= 15 is 0 Å². The molecule has 1 aromatic carbocycles. The van der Waals surface area contributed by atoms with Gasteiger partial charge < -0.3 is 4.74 Å². The minimum atomic E-state index is -0.202. The maximum Gasteiger partial charge on any atom is 0.120 e. The molecule has 0 amide bonds. The SMILES string of the molecule is N#CC1(CCOc2cccc(Br)c2)CCCS1. The Bertz CT molecular complexity index is 424. The van der Waals surface area contributed by atoms with Gasteiger partial charge in [-0.3, -0.25) is 0 Å². The molecule has 0 saturated carbocycles. The van der Waals surface area contributed by atoms with Gasteiger partial charge in [0.15, 0.2) is 0 Å². The molecule has 2 nitrogen and oxygen atoms in total. The van der Waals surface area contributed by atoms with Gasteiger partial charge in [-0.15, -0.1) is 11.8 Å². The van der Waals surface area contributed by atoms with Gasteiger partial charge in [0.25, 0.3) is 0 Å². The summed E-state index contributed by atoms with van der Waals surface area (Å²) in [6.45, 7) is 0.608. The summed E-state index contributed by atoms with van der Waals surface area (Å²) in [7, 11) is 0. The molecule has 0 radical (unpaired) electrons. The quantitative estimate of drug-likeness (QED) is 0.842. The van der Waals surface area contributed by atoms with Crippen LogP contribution in [0.4, 0.5) is 0 Å². The molecule has 4 heteroatoms. The van der Waals surface area contributed by atoms with E-state index in [-0.39, 0.29) is 4.75 Å². The third kappa shape index (κ3) is 3.40. The summed E-state index contributed by atoms with van der Waals surface area (Å²) in [6.07, 6.45) is 2.95. The minimum Gasteiger partial charge on any atom is -0.493 e. The second-order valence-electron chi connectivity index (χ2n) is 4.11. The Morgan fingerprint density at radius 3 is 3.06 bits per heavy atom. The molecule has 90 valence electrons. The molecule has 0 bridgehead atoms. The lowest BCUT2D eigenvalue weighted by atomic mass is 10.0. The van der Waals surface area contributed by atoms with Gasteiger partial charge in [-0.2, -0.15) is 5.26 Å². The molecule has 2 rings (SSSR count). The van der Waals surface area contributed by atoms with E-state index in [9.17, 15) is 5.26 Å². The average Bonchev–Trinajstić information content (AvgIpc) is 2.79. The van der Waals surface area contributed by atoms with E-state index in [2.05, 4.69) is 22.0 Å². The Balaban J connectivity index is 1.85. The van der Waals surface area contributed by atoms with E-state index in [0.29, 0.717) is 6.61 Å². The fourth-order valence-electron chi connectivity index (χ4n) is 1.93. The number of ether oxygens (including phenoxy) is 1. The molecule has 0 spiro atoms. The lowest BCUT2D eigenvalue weighted by Gasteiger charge is -2.19. The van der Waals surface area contributed by atoms with Gasteiger partial charge in [0.1, 0.15) is 10.5 Å². The molecule has 1 aromatic rings. The van der Waals surface area contributed by atoms with E-state index in [0.717, 1.165) is 35.2 Å². The topological polar surface area (TPSA) is 33.0 Å². The van der Waals surface area contributed by atoms with E-state index < -0.39 is 0 Å². The standard InChI is InChI=1S/C13H14BrNOS/c14-11-3-1-4-12(9-11)16-7-6-13(10-15)5-2-8-17-13/h1,3-4,9H,2,5-8H2. The predicted molar refractivity (Wildman–Crippen MR) is 74.3 cm³/mol. The molecule has 1 saturated heterocycles. The number of rotatable bonds is 4. The second-order valence-corrected chi connectivity index (χ2v) is 6.51. The van der Waals surface area contributed by atoms with Gasteiger partial charge >= 0.3 is 0 Å². The maximum atomic E-state index is 9.22. The lowest BCUT2D eigenvalue weighted by Crippen LogP contribution is -2.21. The normalized spacial score (nSPS) is 23.3. The average molecular weight is 312 g/mol. The molecule has 0 N–H and O–H groups in total. The van der Waals surface area contributed by atoms with Crippen LogP contribution in [0.5, 0.6) is 5.75 Å². The van der Waals surface area contributed by atoms with Crippen molar-refractivity contribution < 1.29 is 4.74 Å². The summed E-state index contributed by atoms with van der Waals surface area (Å²) in [5.74, 6) is 1.96. The van der Waals surface area contributed by atoms with E-state index in [4.69, 9.17) is 4.74 Å². The largest absolute Gasteiger partial charge is 0.493 e. The predicted octanol–water partition coefficient (Wildman–Crippen LogP) is 4.01. The number of benzene rings is 1. The van der Waals surface area contributed by atoms with Gasteiger partial charge in [-0.05, 0) is 36.8 Å². The van der Waals surface area contributed by atoms with E-state index in [1.807, 2.05) is 24.3 Å². The Morgan fingerprint density at radius 2 is 2.41 bits per heavy atom. The first-order valence-corrected chi connectivity index (χ1v) is 7.46. The Morgan fingerprint density at radius 1 is 1.53 bits per heavy atom. The van der Waals surface area contributed by atoms with Gasteiger partial charge in [-0.1, -0.05) is 22.0 Å². The maximum absolute atomic E-state index is 9.22. The van der Waals surface area contributed by atoms with Crippen LogP contribution in [0, 0.1) is 11.3 Å². The van der Waals surface area contributed by atoms with Crippen molar-refractivity contribution in [2.75, 3.05) is 12.4 Å². The van der Waals surface area contributed by atoms with Crippen molar-refractivity contribution in [2.45, 2.75) is 24.0 Å². The summed E-state index contributed by atoms with van der Waals surface area (Å²) in [5, 5.41) is 9.22. The summed E-state index contributed by atoms with van der Waals surface area (Å²) in [5.41, 5.74) is 0. The van der Waals surface area contributed by atoms with Crippen LogP contribution in [-0.4, -0.2) is 17.1 Å². The molecular formula is C13H14BrNOS. The first-order valence-electron chi connectivity index (χ1n) is 5.68. The molecule has 17 heavy (non-hydrogen) atoms. The summed E-state index contributed by atoms with van der Waals surface area (Å²) >= 11 is 5.19. The van der Waals surface area contributed by atoms with Crippen molar-refractivity contribution in [1.82, 2.24) is 0 Å². The fourth-order valence-corrected chi connectivity index (χ4v) is 3.57. The number of hydrogen-bond donors (Lipinski definition) is 0. The summed E-state index contributed by atoms with van der Waals surface area (Å²) < 4.78 is 6.49. The Hall–Kier alpha value is -0.660. The van der Waals surface area contributed by atoms with Crippen LogP contribution in [0.1, 0.15) is 19.3 Å². The van der Waals surface area contributed by atoms with Crippen LogP contribution in [0.25, 0.3) is 0 Å². The molecular weight excluding hydrogens is 298 g/mol. The number of nitrogens with zero attached hydrogens (tertiary/aromatic N) is 1. The van der Waals surface area contributed by atoms with Crippen LogP contribution in [-0.2, 0) is 0 Å². The van der Waals surface area contributed by atoms with Crippen LogP contribution in [0.15, 0.2) is 28.7 Å². The highest BCUT2D eigenvalue weighted by Gasteiger charge is 2.34. The summed E-state index contributed by atoms with van der Waals surface area (Å²) in [6, 6.07) is 10.2. The zero-order valence-electron chi connectivity index (χ0n) is 9.49. The van der Waals surface area contributed by atoms with E-state index in [1.165, 1.54) is 0 Å². The highest BCUT2D eigenvalue weighted by atomic mass is 79.9. The van der Waals surface area contributed by atoms with Crippen LogP contribution < -0.4 is 4.74 Å². The van der Waals surface area contributed by atoms with Crippen LogP contribution >= 0.6 is 27.7 Å². The van der Waals surface area contributed by atoms with Crippen LogP contribution in [0.3, 0.4) is 0 Å². The summed E-state index contributed by atoms with van der Waals surface area (Å²) in [4.78, 5) is 0. The highest BCUT2D eigenvalue weighted by Crippen LogP contribution is 2.40. The van der Waals surface area contributed by atoms with E-state index in [1.54, 1.807) is 11.8 Å². The molecule has 1 atom stereocenters. The Labute approximate surface area is 114 Å². The van der Waals surface area contributed by atoms with Crippen molar-refractivity contribution in [3.63, 3.8) is 0 Å². The first kappa shape index (κ1) is 12.8. The second kappa shape index (κ2) is 5.79. The number of hydrogen-bond acceptors (Lipinski definition) is 3. The zero-order valence-corrected chi connectivity index (χ0v) is 11.9. The first-order chi connectivity index (χ1) is 8.24. The van der Waals surface area contributed by atoms with Gasteiger partial charge in [0.05, 0.1) is 12.7 Å². The highest BCUT2D eigenvalue weighted by molar-refractivity contribution is 9.10. The fraction of sp³-hybridized carbons (Fsp3) is 0.462. The Kier molecular flexibility index (Phi) is 4.36. The number of nitriles is 1. The van der Waals surface area contributed by atoms with Gasteiger partial charge in [0.2, 0.25) is 0 Å². The molecule has 0 aromatic heterocycles. The molecule has 0 aliphatic carbocycles. The molecule has 1 unspecified atom stereocenters. The van der Waals surface area contributed by atoms with Crippen molar-refractivity contribution in [1.29, 1.82) is 5.26 Å². The third-order valence-corrected chi connectivity index (χ3v) is 4.92. The van der Waals surface area contributed by atoms with Gasteiger partial charge in [-0.25, -0.2) is 0 Å². The molecule has 1 fully saturated rings. The monoisotopic (exact) mass is 311 g/mol. The smallest absolute Gasteiger partial charge is 0.120 e. The number of halogens is 1. The molecule has 1 aliphatic rings. The van der Waals surface area contributed by atoms with Gasteiger partial charge in [0, 0.05) is 10.9 Å². The number of thioether (sulfide) groups is 1. The zero-order chi connectivity index (χ0) is 12.1. The lowest BCUT2D eigenvalue weighted by molar-refractivity contribution is 0.299. The van der Waals surface area contributed by atoms with Crippen molar-refractivity contribution in [3.8, 4) is 11.8 Å². The molecule has 1 heterocycles.